The molecule has 3 heteroatoms. The fourth-order valence-electron chi connectivity index (χ4n) is 4.11. The van der Waals surface area contributed by atoms with Gasteiger partial charge in [-0.1, -0.05) is 49.4 Å². The molecule has 0 aliphatic carbocycles. The summed E-state index contributed by atoms with van der Waals surface area (Å²) in [6.45, 7) is 4.11. The van der Waals surface area contributed by atoms with E-state index < -0.39 is 0 Å². The zero-order valence-electron chi connectivity index (χ0n) is 15.8. The molecule has 138 valence electrons. The Bertz CT molecular complexity index is 1370. The fraction of sp³-hybridized carbons (Fsp3) is 0.120. The molecule has 0 amide bonds. The van der Waals surface area contributed by atoms with Crippen LogP contribution in [0.5, 0.6) is 5.75 Å². The minimum absolute atomic E-state index is 0.216. The van der Waals surface area contributed by atoms with E-state index in [2.05, 4.69) is 13.0 Å². The van der Waals surface area contributed by atoms with Crippen molar-refractivity contribution in [2.75, 3.05) is 0 Å². The van der Waals surface area contributed by atoms with E-state index in [9.17, 15) is 5.11 Å². The van der Waals surface area contributed by atoms with Crippen molar-refractivity contribution in [3.05, 3.63) is 72.0 Å². The van der Waals surface area contributed by atoms with Crippen LogP contribution in [-0.2, 0) is 6.42 Å². The van der Waals surface area contributed by atoms with Crippen molar-refractivity contribution in [2.45, 2.75) is 20.3 Å². The number of phenolic OH excluding ortho intramolecular Hbond substituents is 1. The van der Waals surface area contributed by atoms with E-state index in [1.807, 2.05) is 61.5 Å². The van der Waals surface area contributed by atoms with E-state index in [1.165, 1.54) is 5.56 Å². The maximum absolute atomic E-state index is 10.8. The van der Waals surface area contributed by atoms with Crippen molar-refractivity contribution in [2.24, 2.45) is 0 Å². The van der Waals surface area contributed by atoms with Gasteiger partial charge in [-0.25, -0.2) is 0 Å². The summed E-state index contributed by atoms with van der Waals surface area (Å²) in [4.78, 5) is 0. The minimum atomic E-state index is 0.216. The molecular formula is C25H20O3. The Kier molecular flexibility index (Phi) is 3.76. The van der Waals surface area contributed by atoms with Crippen LogP contribution in [-0.4, -0.2) is 5.11 Å². The van der Waals surface area contributed by atoms with Crippen molar-refractivity contribution >= 4 is 39.0 Å². The highest BCUT2D eigenvalue weighted by atomic mass is 16.3. The van der Waals surface area contributed by atoms with Crippen LogP contribution >= 0.6 is 0 Å². The number of benzene rings is 3. The van der Waals surface area contributed by atoms with Crippen molar-refractivity contribution in [1.29, 1.82) is 0 Å². The van der Waals surface area contributed by atoms with Gasteiger partial charge in [-0.3, -0.25) is 0 Å². The number of furan rings is 2. The Balaban J connectivity index is 1.93. The molecule has 0 aliphatic heterocycles. The van der Waals surface area contributed by atoms with Crippen LogP contribution in [0.25, 0.3) is 50.1 Å². The Morgan fingerprint density at radius 2 is 1.71 bits per heavy atom. The zero-order chi connectivity index (χ0) is 19.3. The molecule has 0 spiro atoms. The molecule has 0 radical (unpaired) electrons. The number of fused-ring (bicyclic) bond motifs is 4. The molecule has 1 N–H and O–H groups in total. The standard InChI is InChI=1S/C25H20O3/c1-3-8-20-15(4-2)16-10-7-11-18(25(16)28-20)23-19(26)13-14-22-24(23)17-9-5-6-12-21(17)27-22/h3,5-14,26H,4H2,1-2H3/b8-3-. The summed E-state index contributed by atoms with van der Waals surface area (Å²) < 4.78 is 12.3. The number of phenols is 1. The maximum Gasteiger partial charge on any atom is 0.143 e. The number of hydrogen-bond acceptors (Lipinski definition) is 3. The molecule has 0 bridgehead atoms. The molecule has 0 unspecified atom stereocenters. The highest BCUT2D eigenvalue weighted by Gasteiger charge is 2.21. The average molecular weight is 368 g/mol. The third kappa shape index (κ3) is 2.29. The second-order valence-electron chi connectivity index (χ2n) is 6.91. The number of hydrogen-bond donors (Lipinski definition) is 1. The summed E-state index contributed by atoms with van der Waals surface area (Å²) in [5, 5.41) is 13.8. The van der Waals surface area contributed by atoms with Gasteiger partial charge in [0.05, 0.1) is 0 Å². The van der Waals surface area contributed by atoms with Gasteiger partial charge in [-0.05, 0) is 37.6 Å². The van der Waals surface area contributed by atoms with E-state index in [0.29, 0.717) is 0 Å². The molecule has 0 aliphatic rings. The van der Waals surface area contributed by atoms with Crippen LogP contribution in [0.2, 0.25) is 0 Å². The van der Waals surface area contributed by atoms with Crippen molar-refractivity contribution in [1.82, 2.24) is 0 Å². The SMILES string of the molecule is C/C=C\c1oc2c(-c3c(O)ccc4oc5ccccc5c34)cccc2c1CC. The number of para-hydroxylation sites is 2. The number of aryl methyl sites for hydroxylation is 1. The monoisotopic (exact) mass is 368 g/mol. The van der Waals surface area contributed by atoms with Gasteiger partial charge in [0.15, 0.2) is 0 Å². The largest absolute Gasteiger partial charge is 0.507 e. The highest BCUT2D eigenvalue weighted by Crippen LogP contribution is 2.45. The molecule has 2 aromatic heterocycles. The topological polar surface area (TPSA) is 46.5 Å². The van der Waals surface area contributed by atoms with Crippen LogP contribution in [0.15, 0.2) is 69.5 Å². The third-order valence-corrected chi connectivity index (χ3v) is 5.31. The average Bonchev–Trinajstić information content (AvgIpc) is 3.26. The van der Waals surface area contributed by atoms with Crippen LogP contribution in [0, 0.1) is 0 Å². The second-order valence-corrected chi connectivity index (χ2v) is 6.91. The lowest BCUT2D eigenvalue weighted by atomic mass is 9.96. The second kappa shape index (κ2) is 6.31. The number of allylic oxidation sites excluding steroid dienone is 1. The van der Waals surface area contributed by atoms with E-state index in [4.69, 9.17) is 8.83 Å². The molecule has 0 saturated heterocycles. The summed E-state index contributed by atoms with van der Waals surface area (Å²) >= 11 is 0. The lowest BCUT2D eigenvalue weighted by Crippen LogP contribution is -1.84. The van der Waals surface area contributed by atoms with Gasteiger partial charge in [0.2, 0.25) is 0 Å². The van der Waals surface area contributed by atoms with Crippen LogP contribution in [0.3, 0.4) is 0 Å². The summed E-state index contributed by atoms with van der Waals surface area (Å²) in [7, 11) is 0. The first-order valence-corrected chi connectivity index (χ1v) is 9.53. The molecule has 0 fully saturated rings. The molecule has 0 atom stereocenters. The molecule has 2 heterocycles. The summed E-state index contributed by atoms with van der Waals surface area (Å²) in [5.74, 6) is 1.09. The molecule has 5 aromatic rings. The minimum Gasteiger partial charge on any atom is -0.507 e. The zero-order valence-corrected chi connectivity index (χ0v) is 15.8. The van der Waals surface area contributed by atoms with Crippen LogP contribution in [0.1, 0.15) is 25.2 Å². The Hall–Kier alpha value is -3.46. The summed E-state index contributed by atoms with van der Waals surface area (Å²) in [6.07, 6.45) is 4.86. The van der Waals surface area contributed by atoms with E-state index in [1.54, 1.807) is 6.07 Å². The Labute approximate surface area is 162 Å². The Morgan fingerprint density at radius 3 is 2.54 bits per heavy atom. The first kappa shape index (κ1) is 16.7. The van der Waals surface area contributed by atoms with Gasteiger partial charge >= 0.3 is 0 Å². The normalized spacial score (nSPS) is 12.1. The lowest BCUT2D eigenvalue weighted by Gasteiger charge is -2.08. The molecule has 5 rings (SSSR count). The van der Waals surface area contributed by atoms with Gasteiger partial charge in [-0.2, -0.15) is 0 Å². The van der Waals surface area contributed by atoms with E-state index in [-0.39, 0.29) is 5.75 Å². The quantitative estimate of drug-likeness (QED) is 0.363. The van der Waals surface area contributed by atoms with E-state index >= 15 is 0 Å². The molecule has 3 nitrogen and oxygen atoms in total. The number of aromatic hydroxyl groups is 1. The van der Waals surface area contributed by atoms with Gasteiger partial charge in [0, 0.05) is 32.8 Å². The summed E-state index contributed by atoms with van der Waals surface area (Å²) in [6, 6.07) is 17.5. The lowest BCUT2D eigenvalue weighted by molar-refractivity contribution is 0.477. The predicted octanol–water partition coefficient (Wildman–Crippen LogP) is 7.30. The van der Waals surface area contributed by atoms with Gasteiger partial charge in [-0.15, -0.1) is 0 Å². The molecular weight excluding hydrogens is 348 g/mol. The first-order valence-electron chi connectivity index (χ1n) is 9.53. The molecule has 28 heavy (non-hydrogen) atoms. The van der Waals surface area contributed by atoms with E-state index in [0.717, 1.165) is 56.2 Å². The summed E-state index contributed by atoms with van der Waals surface area (Å²) in [5.41, 5.74) is 5.15. The smallest absolute Gasteiger partial charge is 0.143 e. The van der Waals surface area contributed by atoms with Crippen LogP contribution < -0.4 is 0 Å². The molecule has 3 aromatic carbocycles. The van der Waals surface area contributed by atoms with Gasteiger partial charge in [0.25, 0.3) is 0 Å². The van der Waals surface area contributed by atoms with Crippen LogP contribution in [0.4, 0.5) is 0 Å². The number of rotatable bonds is 3. The maximum atomic E-state index is 10.8. The van der Waals surface area contributed by atoms with Gasteiger partial charge < -0.3 is 13.9 Å². The van der Waals surface area contributed by atoms with Crippen molar-refractivity contribution in [3.63, 3.8) is 0 Å². The van der Waals surface area contributed by atoms with Crippen molar-refractivity contribution in [3.8, 4) is 16.9 Å². The Morgan fingerprint density at radius 1 is 0.893 bits per heavy atom. The van der Waals surface area contributed by atoms with Gasteiger partial charge in [0.1, 0.15) is 28.3 Å². The first-order chi connectivity index (χ1) is 13.7. The fourth-order valence-corrected chi connectivity index (χ4v) is 4.11. The van der Waals surface area contributed by atoms with Crippen molar-refractivity contribution < 1.29 is 13.9 Å². The highest BCUT2D eigenvalue weighted by molar-refractivity contribution is 6.16. The third-order valence-electron chi connectivity index (χ3n) is 5.31. The molecule has 0 saturated carbocycles. The predicted molar refractivity (Wildman–Crippen MR) is 115 cm³/mol.